The first kappa shape index (κ1) is 36.4. The normalized spacial score (nSPS) is 12.8. The van der Waals surface area contributed by atoms with E-state index < -0.39 is 0 Å². The molecule has 2 aliphatic carbocycles. The van der Waals surface area contributed by atoms with Crippen LogP contribution in [-0.2, 0) is 5.41 Å². The van der Waals surface area contributed by atoms with Gasteiger partial charge in [0.2, 0.25) is 0 Å². The molecule has 2 aliphatic rings. The van der Waals surface area contributed by atoms with Crippen molar-refractivity contribution >= 4 is 38.6 Å². The van der Waals surface area contributed by atoms with Crippen molar-refractivity contribution in [2.24, 2.45) is 0 Å². The van der Waals surface area contributed by atoms with Crippen molar-refractivity contribution in [3.05, 3.63) is 271 Å². The molecule has 0 unspecified atom stereocenters. The molecule has 0 aromatic heterocycles. The molecule has 13 rings (SSSR count). The summed E-state index contributed by atoms with van der Waals surface area (Å²) in [6, 6.07) is 92.0. The zero-order chi connectivity index (χ0) is 42.2. The average molecular weight is 812 g/mol. The third-order valence-electron chi connectivity index (χ3n) is 13.9. The Morgan fingerprint density at radius 2 is 0.594 bits per heavy atom. The fourth-order valence-electron chi connectivity index (χ4n) is 10.9. The van der Waals surface area contributed by atoms with Gasteiger partial charge in [0.1, 0.15) is 0 Å². The van der Waals surface area contributed by atoms with Gasteiger partial charge in [-0.3, -0.25) is 0 Å². The standard InChI is InChI=1S/C63H41N/c1-3-14-46-39-50(26-24-42(46)12-1)45-30-34-53(35-31-45)64(52-32-28-44(29-33-52)48-16-11-17-49(38-48)51-27-25-43-13-2-4-15-47(43)40-51)54-36-37-62-58(41-54)57-20-7-10-23-61(57)63(62)59-21-8-5-18-55(59)56-19-6-9-22-60(56)63/h1-41H. The van der Waals surface area contributed by atoms with Gasteiger partial charge >= 0.3 is 0 Å². The van der Waals surface area contributed by atoms with Gasteiger partial charge in [-0.2, -0.15) is 0 Å². The lowest BCUT2D eigenvalue weighted by Crippen LogP contribution is -2.25. The summed E-state index contributed by atoms with van der Waals surface area (Å²) < 4.78 is 0. The molecule has 0 heterocycles. The molecular formula is C63H41N. The molecule has 0 saturated carbocycles. The lowest BCUT2D eigenvalue weighted by atomic mass is 9.70. The van der Waals surface area contributed by atoms with Gasteiger partial charge in [-0.15, -0.1) is 0 Å². The summed E-state index contributed by atoms with van der Waals surface area (Å²) in [5, 5.41) is 5.01. The summed E-state index contributed by atoms with van der Waals surface area (Å²) in [5.41, 5.74) is 20.8. The van der Waals surface area contributed by atoms with E-state index in [1.165, 1.54) is 99.4 Å². The monoisotopic (exact) mass is 811 g/mol. The van der Waals surface area contributed by atoms with Crippen LogP contribution >= 0.6 is 0 Å². The minimum Gasteiger partial charge on any atom is -0.310 e. The van der Waals surface area contributed by atoms with Crippen LogP contribution in [0.3, 0.4) is 0 Å². The van der Waals surface area contributed by atoms with Gasteiger partial charge in [0.15, 0.2) is 0 Å². The fourth-order valence-corrected chi connectivity index (χ4v) is 10.9. The zero-order valence-corrected chi connectivity index (χ0v) is 35.1. The predicted octanol–water partition coefficient (Wildman–Crippen LogP) is 16.8. The van der Waals surface area contributed by atoms with Gasteiger partial charge in [0, 0.05) is 17.1 Å². The molecule has 0 aliphatic heterocycles. The van der Waals surface area contributed by atoms with E-state index in [0.717, 1.165) is 17.1 Å². The zero-order valence-electron chi connectivity index (χ0n) is 35.1. The lowest BCUT2D eigenvalue weighted by Gasteiger charge is -2.31. The lowest BCUT2D eigenvalue weighted by molar-refractivity contribution is 0.794. The smallest absolute Gasteiger partial charge is 0.0725 e. The molecule has 0 atom stereocenters. The van der Waals surface area contributed by atoms with E-state index >= 15 is 0 Å². The van der Waals surface area contributed by atoms with Gasteiger partial charge in [-0.05, 0) is 154 Å². The number of benzene rings is 11. The maximum absolute atomic E-state index is 2.44. The Hall–Kier alpha value is -8.26. The number of hydrogen-bond acceptors (Lipinski definition) is 1. The molecule has 64 heavy (non-hydrogen) atoms. The molecule has 1 spiro atoms. The van der Waals surface area contributed by atoms with Crippen LogP contribution in [0.4, 0.5) is 17.1 Å². The van der Waals surface area contributed by atoms with E-state index in [1.807, 2.05) is 0 Å². The van der Waals surface area contributed by atoms with Crippen molar-refractivity contribution in [2.75, 3.05) is 4.90 Å². The molecule has 298 valence electrons. The molecule has 11 aromatic carbocycles. The summed E-state index contributed by atoms with van der Waals surface area (Å²) in [5.74, 6) is 0. The van der Waals surface area contributed by atoms with Crippen molar-refractivity contribution in [1.82, 2.24) is 0 Å². The van der Waals surface area contributed by atoms with Crippen molar-refractivity contribution in [1.29, 1.82) is 0 Å². The van der Waals surface area contributed by atoms with Gasteiger partial charge in [0.05, 0.1) is 5.41 Å². The minimum absolute atomic E-state index is 0.382. The summed E-state index contributed by atoms with van der Waals surface area (Å²) in [7, 11) is 0. The Labute approximate surface area is 373 Å². The minimum atomic E-state index is -0.382. The number of nitrogens with zero attached hydrogens (tertiary/aromatic N) is 1. The Bertz CT molecular complexity index is 3570. The summed E-state index contributed by atoms with van der Waals surface area (Å²) >= 11 is 0. The van der Waals surface area contributed by atoms with Gasteiger partial charge in [-0.1, -0.05) is 194 Å². The Morgan fingerprint density at radius 3 is 1.12 bits per heavy atom. The molecule has 0 N–H and O–H groups in total. The number of anilines is 3. The SMILES string of the molecule is c1cc(-c2ccc(N(c3ccc(-c4ccc5ccccc5c4)cc3)c3ccc4c(c3)-c3ccccc3C43c4ccccc4-c4ccccc43)cc2)cc(-c2ccc3ccccc3c2)c1. The maximum atomic E-state index is 2.44. The summed E-state index contributed by atoms with van der Waals surface area (Å²) in [4.78, 5) is 2.42. The number of hydrogen-bond donors (Lipinski definition) is 0. The van der Waals surface area contributed by atoms with Crippen molar-refractivity contribution in [3.8, 4) is 55.6 Å². The topological polar surface area (TPSA) is 3.24 Å². The van der Waals surface area contributed by atoms with Crippen LogP contribution in [0.25, 0.3) is 77.2 Å². The second-order valence-electron chi connectivity index (χ2n) is 17.3. The van der Waals surface area contributed by atoms with E-state index in [4.69, 9.17) is 0 Å². The summed E-state index contributed by atoms with van der Waals surface area (Å²) in [6.07, 6.45) is 0. The largest absolute Gasteiger partial charge is 0.310 e. The first-order valence-corrected chi connectivity index (χ1v) is 22.2. The van der Waals surface area contributed by atoms with Gasteiger partial charge < -0.3 is 4.90 Å². The fraction of sp³-hybridized carbons (Fsp3) is 0.0159. The average Bonchev–Trinajstić information content (AvgIpc) is 3.84. The third kappa shape index (κ3) is 5.58. The van der Waals surface area contributed by atoms with Crippen LogP contribution in [-0.4, -0.2) is 0 Å². The van der Waals surface area contributed by atoms with E-state index in [9.17, 15) is 0 Å². The van der Waals surface area contributed by atoms with Crippen molar-refractivity contribution < 1.29 is 0 Å². The molecule has 0 radical (unpaired) electrons. The predicted molar refractivity (Wildman–Crippen MR) is 269 cm³/mol. The molecule has 0 saturated heterocycles. The molecule has 1 nitrogen and oxygen atoms in total. The quantitative estimate of drug-likeness (QED) is 0.162. The molecule has 0 amide bonds. The van der Waals surface area contributed by atoms with Crippen LogP contribution in [0.15, 0.2) is 249 Å². The van der Waals surface area contributed by atoms with E-state index in [1.54, 1.807) is 0 Å². The first-order chi connectivity index (χ1) is 31.7. The highest BCUT2D eigenvalue weighted by atomic mass is 15.1. The molecule has 0 bridgehead atoms. The summed E-state index contributed by atoms with van der Waals surface area (Å²) in [6.45, 7) is 0. The number of fused-ring (bicyclic) bond motifs is 12. The van der Waals surface area contributed by atoms with Crippen LogP contribution in [0.5, 0.6) is 0 Å². The highest BCUT2D eigenvalue weighted by molar-refractivity contribution is 5.97. The molecular weight excluding hydrogens is 771 g/mol. The Morgan fingerprint density at radius 1 is 0.219 bits per heavy atom. The third-order valence-corrected chi connectivity index (χ3v) is 13.9. The first-order valence-electron chi connectivity index (χ1n) is 22.2. The van der Waals surface area contributed by atoms with Crippen molar-refractivity contribution in [2.45, 2.75) is 5.41 Å². The number of rotatable bonds is 6. The van der Waals surface area contributed by atoms with E-state index in [-0.39, 0.29) is 5.41 Å². The molecule has 0 fully saturated rings. The van der Waals surface area contributed by atoms with E-state index in [0.29, 0.717) is 0 Å². The second-order valence-corrected chi connectivity index (χ2v) is 17.3. The van der Waals surface area contributed by atoms with Crippen LogP contribution in [0.2, 0.25) is 0 Å². The van der Waals surface area contributed by atoms with Crippen LogP contribution in [0, 0.1) is 0 Å². The highest BCUT2D eigenvalue weighted by Crippen LogP contribution is 2.63. The Balaban J connectivity index is 0.937. The van der Waals surface area contributed by atoms with Gasteiger partial charge in [-0.25, -0.2) is 0 Å². The van der Waals surface area contributed by atoms with Crippen LogP contribution in [0.1, 0.15) is 22.3 Å². The highest BCUT2D eigenvalue weighted by Gasteiger charge is 2.51. The molecule has 1 heteroatoms. The van der Waals surface area contributed by atoms with E-state index in [2.05, 4.69) is 254 Å². The van der Waals surface area contributed by atoms with Gasteiger partial charge in [0.25, 0.3) is 0 Å². The maximum Gasteiger partial charge on any atom is 0.0725 e. The molecule has 11 aromatic rings. The second kappa shape index (κ2) is 14.4. The van der Waals surface area contributed by atoms with Crippen molar-refractivity contribution in [3.63, 3.8) is 0 Å². The van der Waals surface area contributed by atoms with Crippen LogP contribution < -0.4 is 4.90 Å². The Kier molecular flexibility index (Phi) is 8.20.